The van der Waals surface area contributed by atoms with Crippen molar-refractivity contribution in [2.45, 2.75) is 40.0 Å². The van der Waals surface area contributed by atoms with Crippen LogP contribution >= 0.6 is 0 Å². The standard InChI is InChI=1S/C20H32N4O2/c1-4-21-19(25)17-7-11-24(12-8-17)10-6-16-5-9-22-18(13-16)20(26)23-14-15(2)3/h5,9,13,15,17H,4,6-8,10-12,14H2,1-3H3,(H,21,25)(H,23,26). The Morgan fingerprint density at radius 2 is 2.00 bits per heavy atom. The van der Waals surface area contributed by atoms with Gasteiger partial charge < -0.3 is 15.5 Å². The Morgan fingerprint density at radius 1 is 1.27 bits per heavy atom. The van der Waals surface area contributed by atoms with Gasteiger partial charge in [0.05, 0.1) is 0 Å². The van der Waals surface area contributed by atoms with E-state index in [9.17, 15) is 9.59 Å². The van der Waals surface area contributed by atoms with Gasteiger partial charge in [-0.1, -0.05) is 13.8 Å². The van der Waals surface area contributed by atoms with E-state index in [1.807, 2.05) is 19.1 Å². The molecule has 0 saturated carbocycles. The number of likely N-dealkylation sites (tertiary alicyclic amines) is 1. The lowest BCUT2D eigenvalue weighted by Gasteiger charge is -2.31. The maximum absolute atomic E-state index is 12.1. The third-order valence-electron chi connectivity index (χ3n) is 4.75. The lowest BCUT2D eigenvalue weighted by atomic mass is 9.95. The minimum atomic E-state index is -0.108. The van der Waals surface area contributed by atoms with Crippen molar-refractivity contribution in [2.24, 2.45) is 11.8 Å². The molecule has 1 fully saturated rings. The molecule has 1 aliphatic rings. The van der Waals surface area contributed by atoms with Crippen molar-refractivity contribution in [3.63, 3.8) is 0 Å². The molecule has 26 heavy (non-hydrogen) atoms. The van der Waals surface area contributed by atoms with Crippen LogP contribution in [0.2, 0.25) is 0 Å². The molecular formula is C20H32N4O2. The first kappa shape index (κ1) is 20.4. The molecule has 0 bridgehead atoms. The van der Waals surface area contributed by atoms with Crippen LogP contribution in [-0.2, 0) is 11.2 Å². The summed E-state index contributed by atoms with van der Waals surface area (Å²) >= 11 is 0. The Balaban J connectivity index is 1.79. The molecule has 1 aromatic heterocycles. The second-order valence-electron chi connectivity index (χ2n) is 7.41. The first-order valence-corrected chi connectivity index (χ1v) is 9.72. The van der Waals surface area contributed by atoms with Gasteiger partial charge in [0.2, 0.25) is 5.91 Å². The SMILES string of the molecule is CCNC(=O)C1CCN(CCc2ccnc(C(=O)NCC(C)C)c2)CC1. The molecule has 1 aromatic rings. The molecular weight excluding hydrogens is 328 g/mol. The maximum atomic E-state index is 12.1. The molecule has 0 aliphatic carbocycles. The predicted molar refractivity (Wildman–Crippen MR) is 103 cm³/mol. The van der Waals surface area contributed by atoms with E-state index in [0.29, 0.717) is 24.7 Å². The number of hydrogen-bond donors (Lipinski definition) is 2. The summed E-state index contributed by atoms with van der Waals surface area (Å²) in [4.78, 5) is 30.6. The van der Waals surface area contributed by atoms with Crippen molar-refractivity contribution in [2.75, 3.05) is 32.7 Å². The highest BCUT2D eigenvalue weighted by molar-refractivity contribution is 5.92. The van der Waals surface area contributed by atoms with E-state index >= 15 is 0 Å². The summed E-state index contributed by atoms with van der Waals surface area (Å²) in [6.45, 7) is 10.3. The Labute approximate surface area is 156 Å². The fraction of sp³-hybridized carbons (Fsp3) is 0.650. The zero-order valence-electron chi connectivity index (χ0n) is 16.3. The van der Waals surface area contributed by atoms with Crippen molar-refractivity contribution >= 4 is 11.8 Å². The van der Waals surface area contributed by atoms with Gasteiger partial charge in [0.25, 0.3) is 5.91 Å². The summed E-state index contributed by atoms with van der Waals surface area (Å²) in [5.74, 6) is 0.662. The second kappa shape index (κ2) is 10.3. The zero-order chi connectivity index (χ0) is 18.9. The summed E-state index contributed by atoms with van der Waals surface area (Å²) in [7, 11) is 0. The minimum absolute atomic E-state index is 0.108. The normalized spacial score (nSPS) is 15.8. The van der Waals surface area contributed by atoms with Crippen LogP contribution in [0, 0.1) is 11.8 Å². The smallest absolute Gasteiger partial charge is 0.269 e. The van der Waals surface area contributed by atoms with Crippen molar-refractivity contribution in [3.05, 3.63) is 29.6 Å². The minimum Gasteiger partial charge on any atom is -0.356 e. The second-order valence-corrected chi connectivity index (χ2v) is 7.41. The number of aromatic nitrogens is 1. The van der Waals surface area contributed by atoms with Gasteiger partial charge in [-0.15, -0.1) is 0 Å². The average Bonchev–Trinajstić information content (AvgIpc) is 2.65. The van der Waals surface area contributed by atoms with Gasteiger partial charge in [-0.3, -0.25) is 14.6 Å². The summed E-state index contributed by atoms with van der Waals surface area (Å²) in [6, 6.07) is 3.86. The molecule has 2 amide bonds. The lowest BCUT2D eigenvalue weighted by molar-refractivity contribution is -0.126. The number of nitrogens with one attached hydrogen (secondary N) is 2. The fourth-order valence-corrected chi connectivity index (χ4v) is 3.17. The number of amides is 2. The molecule has 1 aliphatic heterocycles. The molecule has 2 heterocycles. The van der Waals surface area contributed by atoms with Crippen LogP contribution in [0.25, 0.3) is 0 Å². The molecule has 2 N–H and O–H groups in total. The molecule has 0 spiro atoms. The van der Waals surface area contributed by atoms with Crippen LogP contribution in [-0.4, -0.2) is 54.4 Å². The number of piperidine rings is 1. The third-order valence-corrected chi connectivity index (χ3v) is 4.75. The highest BCUT2D eigenvalue weighted by Crippen LogP contribution is 2.17. The molecule has 6 nitrogen and oxygen atoms in total. The summed E-state index contributed by atoms with van der Waals surface area (Å²) in [5, 5.41) is 5.83. The molecule has 0 aromatic carbocycles. The van der Waals surface area contributed by atoms with E-state index in [2.05, 4.69) is 34.4 Å². The zero-order valence-corrected chi connectivity index (χ0v) is 16.3. The van der Waals surface area contributed by atoms with Crippen LogP contribution in [0.3, 0.4) is 0 Å². The van der Waals surface area contributed by atoms with Crippen LogP contribution in [0.15, 0.2) is 18.3 Å². The summed E-state index contributed by atoms with van der Waals surface area (Å²) < 4.78 is 0. The number of carbonyl (C=O) groups excluding carboxylic acids is 2. The monoisotopic (exact) mass is 360 g/mol. The van der Waals surface area contributed by atoms with Crippen molar-refractivity contribution < 1.29 is 9.59 Å². The number of pyridine rings is 1. The summed E-state index contributed by atoms with van der Waals surface area (Å²) in [6.07, 6.45) is 4.44. The molecule has 0 radical (unpaired) electrons. The fourth-order valence-electron chi connectivity index (χ4n) is 3.17. The van der Waals surface area contributed by atoms with Gasteiger partial charge in [0, 0.05) is 31.7 Å². The number of carbonyl (C=O) groups is 2. The molecule has 1 saturated heterocycles. The van der Waals surface area contributed by atoms with Crippen molar-refractivity contribution in [1.82, 2.24) is 20.5 Å². The number of rotatable bonds is 8. The Hall–Kier alpha value is -1.95. The topological polar surface area (TPSA) is 74.3 Å². The lowest BCUT2D eigenvalue weighted by Crippen LogP contribution is -2.41. The predicted octanol–water partition coefficient (Wildman–Crippen LogP) is 1.86. The molecule has 2 rings (SSSR count). The Morgan fingerprint density at radius 3 is 2.65 bits per heavy atom. The molecule has 0 atom stereocenters. The Bertz CT molecular complexity index is 595. The van der Waals surface area contributed by atoms with E-state index in [-0.39, 0.29) is 17.7 Å². The first-order chi connectivity index (χ1) is 12.5. The van der Waals surface area contributed by atoms with Gasteiger partial charge in [0.1, 0.15) is 5.69 Å². The average molecular weight is 361 g/mol. The van der Waals surface area contributed by atoms with Gasteiger partial charge in [-0.25, -0.2) is 0 Å². The largest absolute Gasteiger partial charge is 0.356 e. The third kappa shape index (κ3) is 6.41. The quantitative estimate of drug-likeness (QED) is 0.742. The van der Waals surface area contributed by atoms with Crippen LogP contribution < -0.4 is 10.6 Å². The van der Waals surface area contributed by atoms with E-state index in [0.717, 1.165) is 44.5 Å². The van der Waals surface area contributed by atoms with Crippen LogP contribution in [0.5, 0.6) is 0 Å². The van der Waals surface area contributed by atoms with E-state index < -0.39 is 0 Å². The van der Waals surface area contributed by atoms with E-state index in [1.165, 1.54) is 0 Å². The van der Waals surface area contributed by atoms with Gasteiger partial charge in [0.15, 0.2) is 0 Å². The summed E-state index contributed by atoms with van der Waals surface area (Å²) in [5.41, 5.74) is 1.61. The van der Waals surface area contributed by atoms with E-state index in [1.54, 1.807) is 6.20 Å². The highest BCUT2D eigenvalue weighted by Gasteiger charge is 2.24. The van der Waals surface area contributed by atoms with Gasteiger partial charge in [-0.2, -0.15) is 0 Å². The number of hydrogen-bond acceptors (Lipinski definition) is 4. The molecule has 144 valence electrons. The van der Waals surface area contributed by atoms with Crippen LogP contribution in [0.1, 0.15) is 49.7 Å². The number of nitrogens with zero attached hydrogens (tertiary/aromatic N) is 2. The maximum Gasteiger partial charge on any atom is 0.269 e. The molecule has 0 unspecified atom stereocenters. The van der Waals surface area contributed by atoms with Crippen molar-refractivity contribution in [3.8, 4) is 0 Å². The van der Waals surface area contributed by atoms with Crippen molar-refractivity contribution in [1.29, 1.82) is 0 Å². The highest BCUT2D eigenvalue weighted by atomic mass is 16.2. The van der Waals surface area contributed by atoms with E-state index in [4.69, 9.17) is 0 Å². The van der Waals surface area contributed by atoms with Crippen LogP contribution in [0.4, 0.5) is 0 Å². The van der Waals surface area contributed by atoms with Gasteiger partial charge >= 0.3 is 0 Å². The Kier molecular flexibility index (Phi) is 8.04. The molecule has 6 heteroatoms. The van der Waals surface area contributed by atoms with Gasteiger partial charge in [-0.05, 0) is 62.9 Å². The first-order valence-electron chi connectivity index (χ1n) is 9.72.